The Balaban J connectivity index is 1.48. The molecule has 0 unspecified atom stereocenters. The monoisotopic (exact) mass is 418 g/mol. The van der Waals surface area contributed by atoms with Gasteiger partial charge in [0.1, 0.15) is 11.9 Å². The minimum atomic E-state index is -0.492. The molecule has 8 nitrogen and oxygen atoms in total. The summed E-state index contributed by atoms with van der Waals surface area (Å²) in [7, 11) is 0. The zero-order chi connectivity index (χ0) is 21.6. The molecule has 31 heavy (non-hydrogen) atoms. The summed E-state index contributed by atoms with van der Waals surface area (Å²) in [5.74, 6) is 0.0399. The molecule has 0 saturated carbocycles. The van der Waals surface area contributed by atoms with E-state index in [1.807, 2.05) is 30.3 Å². The van der Waals surface area contributed by atoms with Gasteiger partial charge in [-0.3, -0.25) is 19.6 Å². The quantitative estimate of drug-likeness (QED) is 0.658. The van der Waals surface area contributed by atoms with Crippen LogP contribution in [0.4, 0.5) is 0 Å². The molecule has 2 amide bonds. The van der Waals surface area contributed by atoms with Gasteiger partial charge in [0.05, 0.1) is 24.5 Å². The number of nitrogens with two attached hydrogens (primary N) is 1. The molecule has 2 heterocycles. The van der Waals surface area contributed by atoms with Crippen LogP contribution in [-0.4, -0.2) is 53.0 Å². The number of ether oxygens (including phenoxy) is 2. The molecule has 0 radical (unpaired) electrons. The van der Waals surface area contributed by atoms with Crippen molar-refractivity contribution in [2.75, 3.05) is 26.3 Å². The number of nitrogens with zero attached hydrogens (tertiary/aromatic N) is 3. The lowest BCUT2D eigenvalue weighted by molar-refractivity contribution is -0.141. The Kier molecular flexibility index (Phi) is 6.18. The Morgan fingerprint density at radius 3 is 2.55 bits per heavy atom. The third-order valence-corrected chi connectivity index (χ3v) is 5.00. The Hall–Kier alpha value is -3.78. The summed E-state index contributed by atoms with van der Waals surface area (Å²) in [5.41, 5.74) is 7.79. The normalized spacial score (nSPS) is 16.0. The molecule has 0 aliphatic carbocycles. The van der Waals surface area contributed by atoms with Gasteiger partial charge in [-0.05, 0) is 24.3 Å². The third-order valence-electron chi connectivity index (χ3n) is 5.00. The van der Waals surface area contributed by atoms with E-state index in [-0.39, 0.29) is 12.5 Å². The van der Waals surface area contributed by atoms with Crippen LogP contribution >= 0.6 is 0 Å². The standard InChI is InChI=1S/C23H22N4O4/c24-23(29)17-8-6-16(7-9-17)21-22(26-11-10-25-21)19-14-27(12-13-30-19)20(28)15-31-18-4-2-1-3-5-18/h1-11,19H,12-15H2,(H2,24,29)/t19-/m1/s1. The highest BCUT2D eigenvalue weighted by atomic mass is 16.5. The fourth-order valence-corrected chi connectivity index (χ4v) is 3.39. The van der Waals surface area contributed by atoms with Crippen LogP contribution < -0.4 is 10.5 Å². The number of carbonyl (C=O) groups excluding carboxylic acids is 2. The molecule has 1 aromatic heterocycles. The van der Waals surface area contributed by atoms with Crippen LogP contribution in [0.15, 0.2) is 67.0 Å². The van der Waals surface area contributed by atoms with Crippen molar-refractivity contribution >= 4 is 11.8 Å². The Morgan fingerprint density at radius 1 is 1.06 bits per heavy atom. The van der Waals surface area contributed by atoms with Gasteiger partial charge in [-0.1, -0.05) is 30.3 Å². The molecule has 1 atom stereocenters. The van der Waals surface area contributed by atoms with Gasteiger partial charge in [-0.25, -0.2) is 0 Å². The van der Waals surface area contributed by atoms with E-state index in [0.717, 1.165) is 5.56 Å². The summed E-state index contributed by atoms with van der Waals surface area (Å²) in [4.78, 5) is 34.7. The van der Waals surface area contributed by atoms with Gasteiger partial charge in [-0.2, -0.15) is 0 Å². The van der Waals surface area contributed by atoms with E-state index in [1.165, 1.54) is 0 Å². The fraction of sp³-hybridized carbons (Fsp3) is 0.217. The summed E-state index contributed by atoms with van der Waals surface area (Å²) >= 11 is 0. The second-order valence-corrected chi connectivity index (χ2v) is 7.03. The highest BCUT2D eigenvalue weighted by molar-refractivity contribution is 5.93. The lowest BCUT2D eigenvalue weighted by Gasteiger charge is -2.33. The van der Waals surface area contributed by atoms with Crippen molar-refractivity contribution in [3.63, 3.8) is 0 Å². The van der Waals surface area contributed by atoms with E-state index in [0.29, 0.717) is 42.4 Å². The summed E-state index contributed by atoms with van der Waals surface area (Å²) in [5, 5.41) is 0. The van der Waals surface area contributed by atoms with Gasteiger partial charge in [0.15, 0.2) is 6.61 Å². The Labute approximate surface area is 179 Å². The Morgan fingerprint density at radius 2 is 1.81 bits per heavy atom. The predicted octanol–water partition coefficient (Wildman–Crippen LogP) is 2.22. The summed E-state index contributed by atoms with van der Waals surface area (Å²) in [6.45, 7) is 1.18. The molecule has 1 fully saturated rings. The Bertz CT molecular complexity index is 1060. The van der Waals surface area contributed by atoms with Crippen molar-refractivity contribution in [2.24, 2.45) is 5.73 Å². The van der Waals surface area contributed by atoms with Crippen LogP contribution in [0.1, 0.15) is 22.2 Å². The topological polar surface area (TPSA) is 108 Å². The molecule has 0 spiro atoms. The first kappa shape index (κ1) is 20.5. The number of hydrogen-bond donors (Lipinski definition) is 1. The van der Waals surface area contributed by atoms with Crippen LogP contribution in [0.2, 0.25) is 0 Å². The van der Waals surface area contributed by atoms with E-state index in [9.17, 15) is 9.59 Å². The molecule has 8 heteroatoms. The van der Waals surface area contributed by atoms with Crippen LogP contribution in [-0.2, 0) is 9.53 Å². The zero-order valence-electron chi connectivity index (χ0n) is 16.8. The number of hydrogen-bond acceptors (Lipinski definition) is 6. The molecule has 1 aliphatic rings. The van der Waals surface area contributed by atoms with E-state index < -0.39 is 12.0 Å². The number of morpholine rings is 1. The minimum Gasteiger partial charge on any atom is -0.484 e. The maximum Gasteiger partial charge on any atom is 0.260 e. The summed E-state index contributed by atoms with van der Waals surface area (Å²) in [6.07, 6.45) is 2.77. The first-order valence-electron chi connectivity index (χ1n) is 9.90. The second kappa shape index (κ2) is 9.36. The second-order valence-electron chi connectivity index (χ2n) is 7.03. The van der Waals surface area contributed by atoms with Gasteiger partial charge >= 0.3 is 0 Å². The van der Waals surface area contributed by atoms with Crippen molar-refractivity contribution in [3.8, 4) is 17.0 Å². The first-order valence-corrected chi connectivity index (χ1v) is 9.90. The molecule has 1 saturated heterocycles. The van der Waals surface area contributed by atoms with Crippen LogP contribution in [0.25, 0.3) is 11.3 Å². The number of benzene rings is 2. The van der Waals surface area contributed by atoms with Crippen LogP contribution in [0.5, 0.6) is 5.75 Å². The number of rotatable bonds is 6. The van der Waals surface area contributed by atoms with E-state index in [2.05, 4.69) is 9.97 Å². The van der Waals surface area contributed by atoms with E-state index >= 15 is 0 Å². The maximum absolute atomic E-state index is 12.7. The molecule has 2 aromatic carbocycles. The average molecular weight is 418 g/mol. The molecule has 0 bridgehead atoms. The summed E-state index contributed by atoms with van der Waals surface area (Å²) in [6, 6.07) is 16.1. The number of carbonyl (C=O) groups is 2. The molecule has 1 aliphatic heterocycles. The first-order chi connectivity index (χ1) is 15.1. The van der Waals surface area contributed by atoms with E-state index in [4.69, 9.17) is 15.2 Å². The van der Waals surface area contributed by atoms with Gasteiger partial charge < -0.3 is 20.1 Å². The molecule has 158 valence electrons. The number of aromatic nitrogens is 2. The van der Waals surface area contributed by atoms with Crippen molar-refractivity contribution in [1.82, 2.24) is 14.9 Å². The smallest absolute Gasteiger partial charge is 0.260 e. The van der Waals surface area contributed by atoms with E-state index in [1.54, 1.807) is 41.6 Å². The van der Waals surface area contributed by atoms with Crippen LogP contribution in [0, 0.1) is 0 Å². The molecule has 2 N–H and O–H groups in total. The lowest BCUT2D eigenvalue weighted by Crippen LogP contribution is -2.44. The predicted molar refractivity (Wildman–Crippen MR) is 113 cm³/mol. The lowest BCUT2D eigenvalue weighted by atomic mass is 10.0. The largest absolute Gasteiger partial charge is 0.484 e. The molecule has 3 aromatic rings. The molecular weight excluding hydrogens is 396 g/mol. The number of para-hydroxylation sites is 1. The fourth-order valence-electron chi connectivity index (χ4n) is 3.39. The average Bonchev–Trinajstić information content (AvgIpc) is 2.83. The molecule has 4 rings (SSSR count). The highest BCUT2D eigenvalue weighted by Gasteiger charge is 2.29. The van der Waals surface area contributed by atoms with Crippen molar-refractivity contribution in [2.45, 2.75) is 6.10 Å². The SMILES string of the molecule is NC(=O)c1ccc(-c2nccnc2[C@H]2CN(C(=O)COc3ccccc3)CCO2)cc1. The van der Waals surface area contributed by atoms with Gasteiger partial charge in [-0.15, -0.1) is 0 Å². The molecular formula is C23H22N4O4. The number of primary amides is 1. The zero-order valence-corrected chi connectivity index (χ0v) is 16.8. The van der Waals surface area contributed by atoms with Gasteiger partial charge in [0.25, 0.3) is 5.91 Å². The maximum atomic E-state index is 12.7. The van der Waals surface area contributed by atoms with Gasteiger partial charge in [0.2, 0.25) is 5.91 Å². The van der Waals surface area contributed by atoms with Gasteiger partial charge in [0, 0.05) is 30.1 Å². The summed E-state index contributed by atoms with van der Waals surface area (Å²) < 4.78 is 11.5. The van der Waals surface area contributed by atoms with Crippen molar-refractivity contribution in [3.05, 3.63) is 78.2 Å². The van der Waals surface area contributed by atoms with Crippen molar-refractivity contribution < 1.29 is 19.1 Å². The number of amides is 2. The third kappa shape index (κ3) is 4.87. The minimum absolute atomic E-state index is 0.0430. The van der Waals surface area contributed by atoms with Crippen LogP contribution in [0.3, 0.4) is 0 Å². The van der Waals surface area contributed by atoms with Crippen molar-refractivity contribution in [1.29, 1.82) is 0 Å². The highest BCUT2D eigenvalue weighted by Crippen LogP contribution is 2.29.